The standard InChI is InChI=1S/C21H26N2O/c1-16-6-7-19-17(14-16)18-15-22(2)13-8-20(18)23(19)12-5-11-21(24)9-3-4-10-21/h6-7,14,24H,3-4,8-11,13,15H2,1-2H3. The van der Waals surface area contributed by atoms with Gasteiger partial charge < -0.3 is 10.0 Å². The van der Waals surface area contributed by atoms with E-state index in [1.807, 2.05) is 0 Å². The summed E-state index contributed by atoms with van der Waals surface area (Å²) in [5.41, 5.74) is 4.75. The quantitative estimate of drug-likeness (QED) is 0.815. The second kappa shape index (κ2) is 5.95. The molecule has 0 saturated heterocycles. The fraction of sp³-hybridized carbons (Fsp3) is 0.524. The first kappa shape index (κ1) is 15.7. The Morgan fingerprint density at radius 1 is 1.25 bits per heavy atom. The average Bonchev–Trinajstić information content (AvgIpc) is 3.10. The Morgan fingerprint density at radius 3 is 2.83 bits per heavy atom. The van der Waals surface area contributed by atoms with Crippen molar-refractivity contribution in [1.82, 2.24) is 9.47 Å². The molecule has 1 aliphatic carbocycles. The zero-order valence-electron chi connectivity index (χ0n) is 14.7. The second-order valence-electron chi connectivity index (χ2n) is 7.67. The SMILES string of the molecule is Cc1ccc2c(c1)c1c(n2C#CCC2(O)CCCC2)CCN(C)C1. The van der Waals surface area contributed by atoms with Crippen molar-refractivity contribution in [3.63, 3.8) is 0 Å². The lowest BCUT2D eigenvalue weighted by Crippen LogP contribution is -2.27. The summed E-state index contributed by atoms with van der Waals surface area (Å²) in [6.45, 7) is 4.22. The normalized spacial score (nSPS) is 20.0. The summed E-state index contributed by atoms with van der Waals surface area (Å²) in [7, 11) is 2.18. The lowest BCUT2D eigenvalue weighted by molar-refractivity contribution is 0.0532. The van der Waals surface area contributed by atoms with Gasteiger partial charge in [-0.05, 0) is 44.5 Å². The molecule has 2 aromatic rings. The molecule has 0 bridgehead atoms. The molecule has 1 N–H and O–H groups in total. The molecule has 3 nitrogen and oxygen atoms in total. The Hall–Kier alpha value is -1.76. The van der Waals surface area contributed by atoms with E-state index in [0.717, 1.165) is 45.2 Å². The topological polar surface area (TPSA) is 28.4 Å². The molecule has 126 valence electrons. The number of fused-ring (bicyclic) bond motifs is 3. The Bertz CT molecular complexity index is 831. The first-order chi connectivity index (χ1) is 11.6. The van der Waals surface area contributed by atoms with Crippen LogP contribution in [0.2, 0.25) is 0 Å². The number of nitrogens with zero attached hydrogens (tertiary/aromatic N) is 2. The Kier molecular flexibility index (Phi) is 3.90. The van der Waals surface area contributed by atoms with Crippen molar-refractivity contribution in [2.24, 2.45) is 0 Å². The minimum atomic E-state index is -0.549. The summed E-state index contributed by atoms with van der Waals surface area (Å²) in [5, 5.41) is 11.9. The Morgan fingerprint density at radius 2 is 2.04 bits per heavy atom. The van der Waals surface area contributed by atoms with Crippen LogP contribution in [0.4, 0.5) is 0 Å². The Labute approximate surface area is 144 Å². The number of aromatic nitrogens is 1. The van der Waals surface area contributed by atoms with Gasteiger partial charge in [0.1, 0.15) is 0 Å². The monoisotopic (exact) mass is 322 g/mol. The largest absolute Gasteiger partial charge is 0.389 e. The van der Waals surface area contributed by atoms with E-state index >= 15 is 0 Å². The molecular formula is C21H26N2O. The van der Waals surface area contributed by atoms with Crippen LogP contribution in [0.25, 0.3) is 10.9 Å². The lowest BCUT2D eigenvalue weighted by atomic mass is 9.99. The molecule has 1 aromatic heterocycles. The van der Waals surface area contributed by atoms with Gasteiger partial charge in [-0.25, -0.2) is 0 Å². The molecule has 0 amide bonds. The predicted molar refractivity (Wildman–Crippen MR) is 97.9 cm³/mol. The van der Waals surface area contributed by atoms with E-state index in [9.17, 15) is 5.11 Å². The number of hydrogen-bond donors (Lipinski definition) is 1. The minimum Gasteiger partial charge on any atom is -0.389 e. The van der Waals surface area contributed by atoms with Gasteiger partial charge in [0.2, 0.25) is 0 Å². The molecule has 2 aliphatic rings. The van der Waals surface area contributed by atoms with Crippen molar-refractivity contribution in [3.8, 4) is 12.0 Å². The molecule has 0 radical (unpaired) electrons. The molecule has 4 rings (SSSR count). The molecule has 0 atom stereocenters. The molecule has 1 aliphatic heterocycles. The summed E-state index contributed by atoms with van der Waals surface area (Å²) < 4.78 is 2.19. The van der Waals surface area contributed by atoms with Gasteiger partial charge in [-0.2, -0.15) is 0 Å². The summed E-state index contributed by atoms with van der Waals surface area (Å²) in [6, 6.07) is 10.0. The van der Waals surface area contributed by atoms with Crippen LogP contribution >= 0.6 is 0 Å². The van der Waals surface area contributed by atoms with Crippen LogP contribution in [0.5, 0.6) is 0 Å². The van der Waals surface area contributed by atoms with Crippen LogP contribution in [-0.2, 0) is 13.0 Å². The molecule has 24 heavy (non-hydrogen) atoms. The van der Waals surface area contributed by atoms with Crippen molar-refractivity contribution >= 4 is 10.9 Å². The van der Waals surface area contributed by atoms with Crippen molar-refractivity contribution in [2.75, 3.05) is 13.6 Å². The third kappa shape index (κ3) is 2.75. The first-order valence-corrected chi connectivity index (χ1v) is 9.08. The first-order valence-electron chi connectivity index (χ1n) is 9.08. The van der Waals surface area contributed by atoms with E-state index in [1.54, 1.807) is 0 Å². The molecule has 2 heterocycles. The smallest absolute Gasteiger partial charge is 0.0757 e. The minimum absolute atomic E-state index is 0.549. The third-order valence-corrected chi connectivity index (χ3v) is 5.64. The number of benzene rings is 1. The number of likely N-dealkylation sites (N-methyl/N-ethyl adjacent to an activating group) is 1. The van der Waals surface area contributed by atoms with E-state index in [2.05, 4.69) is 53.6 Å². The van der Waals surface area contributed by atoms with Crippen LogP contribution in [0, 0.1) is 18.9 Å². The molecule has 0 spiro atoms. The fourth-order valence-electron chi connectivity index (χ4n) is 4.23. The van der Waals surface area contributed by atoms with Gasteiger partial charge >= 0.3 is 0 Å². The van der Waals surface area contributed by atoms with Gasteiger partial charge in [0.05, 0.1) is 11.1 Å². The second-order valence-corrected chi connectivity index (χ2v) is 7.67. The van der Waals surface area contributed by atoms with Gasteiger partial charge in [-0.3, -0.25) is 4.57 Å². The number of rotatable bonds is 1. The zero-order valence-corrected chi connectivity index (χ0v) is 14.7. The van der Waals surface area contributed by atoms with Gasteiger partial charge in [0.15, 0.2) is 0 Å². The predicted octanol–water partition coefficient (Wildman–Crippen LogP) is 3.44. The van der Waals surface area contributed by atoms with E-state index < -0.39 is 5.60 Å². The third-order valence-electron chi connectivity index (χ3n) is 5.64. The Balaban J connectivity index is 1.75. The highest BCUT2D eigenvalue weighted by molar-refractivity contribution is 5.87. The van der Waals surface area contributed by atoms with Gasteiger partial charge in [-0.15, -0.1) is 0 Å². The molecule has 1 saturated carbocycles. The van der Waals surface area contributed by atoms with Crippen LogP contribution < -0.4 is 0 Å². The number of hydrogen-bond acceptors (Lipinski definition) is 2. The van der Waals surface area contributed by atoms with Crippen LogP contribution in [-0.4, -0.2) is 33.8 Å². The maximum absolute atomic E-state index is 10.5. The van der Waals surface area contributed by atoms with Crippen LogP contribution in [0.15, 0.2) is 18.2 Å². The fourth-order valence-corrected chi connectivity index (χ4v) is 4.23. The van der Waals surface area contributed by atoms with E-state index in [0.29, 0.717) is 6.42 Å². The van der Waals surface area contributed by atoms with E-state index in [4.69, 9.17) is 0 Å². The van der Waals surface area contributed by atoms with Gasteiger partial charge in [0, 0.05) is 43.1 Å². The summed E-state index contributed by atoms with van der Waals surface area (Å²) in [5.74, 6) is 3.29. The van der Waals surface area contributed by atoms with E-state index in [-0.39, 0.29) is 0 Å². The summed E-state index contributed by atoms with van der Waals surface area (Å²) in [6.07, 6.45) is 5.69. The highest BCUT2D eigenvalue weighted by atomic mass is 16.3. The summed E-state index contributed by atoms with van der Waals surface area (Å²) in [4.78, 5) is 2.38. The lowest BCUT2D eigenvalue weighted by Gasteiger charge is -2.23. The zero-order chi connectivity index (χ0) is 16.7. The maximum atomic E-state index is 10.5. The van der Waals surface area contributed by atoms with Crippen molar-refractivity contribution in [1.29, 1.82) is 0 Å². The molecule has 3 heteroatoms. The van der Waals surface area contributed by atoms with Crippen LogP contribution in [0.3, 0.4) is 0 Å². The van der Waals surface area contributed by atoms with Gasteiger partial charge in [0.25, 0.3) is 0 Å². The molecule has 1 aromatic carbocycles. The summed E-state index contributed by atoms with van der Waals surface area (Å²) >= 11 is 0. The highest BCUT2D eigenvalue weighted by Crippen LogP contribution is 2.33. The number of aliphatic hydroxyl groups is 1. The van der Waals surface area contributed by atoms with Crippen molar-refractivity contribution in [3.05, 3.63) is 35.0 Å². The van der Waals surface area contributed by atoms with Crippen LogP contribution in [0.1, 0.15) is 48.9 Å². The average molecular weight is 322 g/mol. The molecular weight excluding hydrogens is 296 g/mol. The highest BCUT2D eigenvalue weighted by Gasteiger charge is 2.30. The van der Waals surface area contributed by atoms with Gasteiger partial charge in [-0.1, -0.05) is 30.4 Å². The maximum Gasteiger partial charge on any atom is 0.0757 e. The van der Waals surface area contributed by atoms with Crippen molar-refractivity contribution < 1.29 is 5.11 Å². The van der Waals surface area contributed by atoms with E-state index in [1.165, 1.54) is 27.7 Å². The molecule has 0 unspecified atom stereocenters. The van der Waals surface area contributed by atoms with Crippen molar-refractivity contribution in [2.45, 2.75) is 57.6 Å². The molecule has 1 fully saturated rings. The number of aryl methyl sites for hydroxylation is 1.